The first kappa shape index (κ1) is 18.3. The summed E-state index contributed by atoms with van der Waals surface area (Å²) < 4.78 is 10.9. The minimum Gasteiger partial charge on any atom is -0.491 e. The molecule has 1 aliphatic heterocycles. The minimum absolute atomic E-state index is 0.0574. The van der Waals surface area contributed by atoms with Crippen molar-refractivity contribution in [2.75, 3.05) is 18.1 Å². The fourth-order valence-electron chi connectivity index (χ4n) is 3.23. The van der Waals surface area contributed by atoms with Crippen molar-refractivity contribution in [2.24, 2.45) is 0 Å². The number of hydrogen-bond acceptors (Lipinski definition) is 3. The molecule has 0 aliphatic carbocycles. The van der Waals surface area contributed by atoms with Crippen LogP contribution in [0.15, 0.2) is 72.8 Å². The lowest BCUT2D eigenvalue weighted by Crippen LogP contribution is -2.26. The van der Waals surface area contributed by atoms with Crippen LogP contribution in [0.1, 0.15) is 21.5 Å². The van der Waals surface area contributed by atoms with Gasteiger partial charge in [0.15, 0.2) is 0 Å². The molecule has 4 rings (SSSR count). The minimum atomic E-state index is -0.0574. The third-order valence-corrected chi connectivity index (χ3v) is 4.62. The lowest BCUT2D eigenvalue weighted by molar-refractivity contribution is 0.0999. The topological polar surface area (TPSA) is 42.1 Å². The number of anilines is 2. The summed E-state index contributed by atoms with van der Waals surface area (Å²) in [6.07, 6.45) is 0.214. The number of carbonyl (C=O) groups is 1. The lowest BCUT2D eigenvalue weighted by atomic mass is 10.1. The summed E-state index contributed by atoms with van der Waals surface area (Å²) in [5.41, 5.74) is 4.44. The van der Waals surface area contributed by atoms with Gasteiger partial charge < -0.3 is 9.47 Å². The maximum Gasteiger partial charge on any atom is 0.262 e. The third kappa shape index (κ3) is 4.24. The maximum absolute atomic E-state index is 13.4. The van der Waals surface area contributed by atoms with E-state index < -0.39 is 0 Å². The number of amides is 1. The summed E-state index contributed by atoms with van der Waals surface area (Å²) in [7, 11) is 0. The molecule has 0 radical (unpaired) electrons. The van der Waals surface area contributed by atoms with Gasteiger partial charge in [0.2, 0.25) is 0 Å². The van der Waals surface area contributed by atoms with Crippen LogP contribution in [0.25, 0.3) is 0 Å². The number of carbonyl (C=O) groups excluding carboxylic acids is 1. The highest BCUT2D eigenvalue weighted by molar-refractivity contribution is 6.11. The van der Waals surface area contributed by atoms with Crippen LogP contribution in [-0.4, -0.2) is 25.2 Å². The Kier molecular flexibility index (Phi) is 5.13. The molecule has 3 aromatic carbocycles. The molecule has 0 bridgehead atoms. The molecule has 1 heterocycles. The standard InChI is InChI=1S/C24H23NO3/c1-17-12-18(2)14-19(13-17)24(26)25(20-6-4-3-5-7-20)21-8-10-22(11-9-21)27-15-23-16-28-23/h3-14,23H,15-16H2,1-2H3. The zero-order chi connectivity index (χ0) is 19.5. The summed E-state index contributed by atoms with van der Waals surface area (Å²) in [4.78, 5) is 15.2. The molecule has 0 N–H and O–H groups in total. The van der Waals surface area contributed by atoms with Gasteiger partial charge in [0.1, 0.15) is 18.5 Å². The Morgan fingerprint density at radius 3 is 2.18 bits per heavy atom. The van der Waals surface area contributed by atoms with Crippen molar-refractivity contribution < 1.29 is 14.3 Å². The first-order valence-electron chi connectivity index (χ1n) is 9.42. The van der Waals surface area contributed by atoms with E-state index in [4.69, 9.17) is 9.47 Å². The molecule has 1 saturated heterocycles. The summed E-state index contributed by atoms with van der Waals surface area (Å²) in [5, 5.41) is 0. The van der Waals surface area contributed by atoms with Gasteiger partial charge >= 0.3 is 0 Å². The van der Waals surface area contributed by atoms with Crippen LogP contribution in [0, 0.1) is 13.8 Å². The number of para-hydroxylation sites is 1. The van der Waals surface area contributed by atoms with E-state index in [1.807, 2.05) is 80.6 Å². The van der Waals surface area contributed by atoms with Crippen LogP contribution in [0.5, 0.6) is 5.75 Å². The molecule has 4 heteroatoms. The monoisotopic (exact) mass is 373 g/mol. The number of aryl methyl sites for hydroxylation is 2. The van der Waals surface area contributed by atoms with E-state index >= 15 is 0 Å². The lowest BCUT2D eigenvalue weighted by Gasteiger charge is -2.24. The normalized spacial score (nSPS) is 15.1. The molecule has 0 aromatic heterocycles. The quantitative estimate of drug-likeness (QED) is 0.567. The fraction of sp³-hybridized carbons (Fsp3) is 0.208. The number of benzene rings is 3. The molecule has 0 saturated carbocycles. The predicted octanol–water partition coefficient (Wildman–Crippen LogP) is 5.06. The molecule has 1 fully saturated rings. The van der Waals surface area contributed by atoms with Gasteiger partial charge in [0, 0.05) is 16.9 Å². The largest absolute Gasteiger partial charge is 0.491 e. The number of hydrogen-bond donors (Lipinski definition) is 0. The third-order valence-electron chi connectivity index (χ3n) is 4.62. The van der Waals surface area contributed by atoms with Crippen LogP contribution in [0.4, 0.5) is 11.4 Å². The highest BCUT2D eigenvalue weighted by Crippen LogP contribution is 2.29. The SMILES string of the molecule is Cc1cc(C)cc(C(=O)N(c2ccccc2)c2ccc(OCC3CO3)cc2)c1. The molecule has 1 unspecified atom stereocenters. The van der Waals surface area contributed by atoms with Crippen LogP contribution >= 0.6 is 0 Å². The highest BCUT2D eigenvalue weighted by Gasteiger charge is 2.23. The van der Waals surface area contributed by atoms with Gasteiger partial charge in [-0.05, 0) is 62.4 Å². The van der Waals surface area contributed by atoms with Crippen molar-refractivity contribution >= 4 is 17.3 Å². The van der Waals surface area contributed by atoms with Crippen LogP contribution < -0.4 is 9.64 Å². The Balaban J connectivity index is 1.66. The van der Waals surface area contributed by atoms with Crippen molar-refractivity contribution in [3.05, 3.63) is 89.5 Å². The van der Waals surface area contributed by atoms with Crippen molar-refractivity contribution in [3.8, 4) is 5.75 Å². The number of rotatable bonds is 6. The molecule has 0 spiro atoms. The van der Waals surface area contributed by atoms with E-state index in [-0.39, 0.29) is 12.0 Å². The van der Waals surface area contributed by atoms with E-state index in [1.165, 1.54) is 0 Å². The van der Waals surface area contributed by atoms with Gasteiger partial charge in [-0.3, -0.25) is 9.69 Å². The molecular weight excluding hydrogens is 350 g/mol. The Bertz CT molecular complexity index is 943. The van der Waals surface area contributed by atoms with Crippen molar-refractivity contribution in [2.45, 2.75) is 20.0 Å². The van der Waals surface area contributed by atoms with Crippen molar-refractivity contribution in [3.63, 3.8) is 0 Å². The van der Waals surface area contributed by atoms with E-state index in [1.54, 1.807) is 4.90 Å². The molecule has 1 amide bonds. The summed E-state index contributed by atoms with van der Waals surface area (Å²) in [6, 6.07) is 23.2. The zero-order valence-electron chi connectivity index (χ0n) is 16.1. The van der Waals surface area contributed by atoms with Gasteiger partial charge in [-0.2, -0.15) is 0 Å². The van der Waals surface area contributed by atoms with Crippen LogP contribution in [-0.2, 0) is 4.74 Å². The smallest absolute Gasteiger partial charge is 0.262 e. The van der Waals surface area contributed by atoms with Crippen LogP contribution in [0.2, 0.25) is 0 Å². The van der Waals surface area contributed by atoms with Gasteiger partial charge in [-0.15, -0.1) is 0 Å². The van der Waals surface area contributed by atoms with Gasteiger partial charge in [-0.25, -0.2) is 0 Å². The second-order valence-electron chi connectivity index (χ2n) is 7.11. The molecule has 3 aromatic rings. The second-order valence-corrected chi connectivity index (χ2v) is 7.11. The van der Waals surface area contributed by atoms with E-state index in [2.05, 4.69) is 6.07 Å². The zero-order valence-corrected chi connectivity index (χ0v) is 16.1. The Labute approximate surface area is 165 Å². The van der Waals surface area contributed by atoms with Crippen molar-refractivity contribution in [1.29, 1.82) is 0 Å². The molecule has 1 atom stereocenters. The second kappa shape index (κ2) is 7.87. The Morgan fingerprint density at radius 1 is 0.964 bits per heavy atom. The number of epoxide rings is 1. The first-order chi connectivity index (χ1) is 13.6. The highest BCUT2D eigenvalue weighted by atomic mass is 16.6. The molecular formula is C24H23NO3. The van der Waals surface area contributed by atoms with Gasteiger partial charge in [-0.1, -0.05) is 35.4 Å². The molecule has 4 nitrogen and oxygen atoms in total. The van der Waals surface area contributed by atoms with Crippen molar-refractivity contribution in [1.82, 2.24) is 0 Å². The molecule has 142 valence electrons. The van der Waals surface area contributed by atoms with Gasteiger partial charge in [0.05, 0.1) is 6.61 Å². The summed E-state index contributed by atoms with van der Waals surface area (Å²) in [5.74, 6) is 0.712. The Morgan fingerprint density at radius 2 is 1.57 bits per heavy atom. The van der Waals surface area contributed by atoms with Gasteiger partial charge in [0.25, 0.3) is 5.91 Å². The first-order valence-corrected chi connectivity index (χ1v) is 9.42. The summed E-state index contributed by atoms with van der Waals surface area (Å²) >= 11 is 0. The van der Waals surface area contributed by atoms with Crippen LogP contribution in [0.3, 0.4) is 0 Å². The summed E-state index contributed by atoms with van der Waals surface area (Å²) in [6.45, 7) is 5.34. The molecule has 1 aliphatic rings. The Hall–Kier alpha value is -3.11. The van der Waals surface area contributed by atoms with E-state index in [9.17, 15) is 4.79 Å². The van der Waals surface area contributed by atoms with E-state index in [0.29, 0.717) is 12.2 Å². The van der Waals surface area contributed by atoms with E-state index in [0.717, 1.165) is 34.9 Å². The molecule has 28 heavy (non-hydrogen) atoms. The average Bonchev–Trinajstić information content (AvgIpc) is 3.52. The maximum atomic E-state index is 13.4. The number of nitrogens with zero attached hydrogens (tertiary/aromatic N) is 1. The number of ether oxygens (including phenoxy) is 2. The fourth-order valence-corrected chi connectivity index (χ4v) is 3.23. The predicted molar refractivity (Wildman–Crippen MR) is 111 cm³/mol. The average molecular weight is 373 g/mol.